The van der Waals surface area contributed by atoms with Gasteiger partial charge in [0.05, 0.1) is 19.9 Å². The summed E-state index contributed by atoms with van der Waals surface area (Å²) in [6.45, 7) is 4.31. The van der Waals surface area contributed by atoms with E-state index in [9.17, 15) is 4.79 Å². The van der Waals surface area contributed by atoms with Crippen molar-refractivity contribution in [3.63, 3.8) is 0 Å². The van der Waals surface area contributed by atoms with E-state index in [1.807, 2.05) is 41.4 Å². The Balaban J connectivity index is 1.93. The number of carbonyl (C=O) groups excluding carboxylic acids is 1. The number of fused-ring (bicyclic) bond motifs is 3. The van der Waals surface area contributed by atoms with Gasteiger partial charge in [0.15, 0.2) is 28.8 Å². The molecule has 0 N–H and O–H groups in total. The van der Waals surface area contributed by atoms with E-state index in [1.165, 1.54) is 0 Å². The normalized spacial score (nSPS) is 20.4. The maximum atomic E-state index is 12.3. The molecule has 0 saturated heterocycles. The smallest absolute Gasteiger partial charge is 0.196 e. The monoisotopic (exact) mass is 399 g/mol. The molecule has 28 heavy (non-hydrogen) atoms. The molecule has 7 heteroatoms. The number of hydrogen-bond acceptors (Lipinski definition) is 6. The van der Waals surface area contributed by atoms with E-state index in [-0.39, 0.29) is 5.78 Å². The van der Waals surface area contributed by atoms with Gasteiger partial charge >= 0.3 is 0 Å². The molecule has 0 fully saturated rings. The summed E-state index contributed by atoms with van der Waals surface area (Å²) in [6.07, 6.45) is 0.784. The minimum absolute atomic E-state index is 0.0633. The van der Waals surface area contributed by atoms with E-state index < -0.39 is 5.66 Å². The van der Waals surface area contributed by atoms with Crippen LogP contribution in [0.15, 0.2) is 41.5 Å². The third-order valence-electron chi connectivity index (χ3n) is 5.50. The van der Waals surface area contributed by atoms with Gasteiger partial charge in [0.2, 0.25) is 0 Å². The van der Waals surface area contributed by atoms with Crippen LogP contribution in [0.4, 0.5) is 5.69 Å². The molecule has 0 radical (unpaired) electrons. The number of amidine groups is 1. The molecule has 1 atom stereocenters. The Morgan fingerprint density at radius 3 is 2.39 bits per heavy atom. The van der Waals surface area contributed by atoms with Gasteiger partial charge in [0.25, 0.3) is 0 Å². The number of benzene rings is 2. The van der Waals surface area contributed by atoms with Crippen LogP contribution >= 0.6 is 11.6 Å². The lowest BCUT2D eigenvalue weighted by molar-refractivity contribution is -0.111. The molecule has 0 bridgehead atoms. The molecule has 2 heterocycles. The number of halogens is 1. The number of carbonyl (C=O) groups is 1. The van der Waals surface area contributed by atoms with Gasteiger partial charge in [-0.2, -0.15) is 0 Å². The van der Waals surface area contributed by atoms with Crippen LogP contribution < -0.4 is 14.5 Å². The summed E-state index contributed by atoms with van der Waals surface area (Å²) in [7, 11) is 3.25. The molecule has 0 spiro atoms. The van der Waals surface area contributed by atoms with E-state index in [0.29, 0.717) is 28.9 Å². The maximum absolute atomic E-state index is 12.3. The van der Waals surface area contributed by atoms with Crippen LogP contribution in [-0.4, -0.2) is 37.3 Å². The predicted octanol–water partition coefficient (Wildman–Crippen LogP) is 3.81. The van der Waals surface area contributed by atoms with Gasteiger partial charge in [-0.25, -0.2) is 5.01 Å². The Morgan fingerprint density at radius 1 is 1.14 bits per heavy atom. The Hall–Kier alpha value is -2.73. The number of nitrogens with zero attached hydrogens (tertiary/aromatic N) is 3. The lowest BCUT2D eigenvalue weighted by Gasteiger charge is -2.46. The van der Waals surface area contributed by atoms with Gasteiger partial charge in [0, 0.05) is 24.1 Å². The van der Waals surface area contributed by atoms with Crippen molar-refractivity contribution in [2.45, 2.75) is 25.9 Å². The van der Waals surface area contributed by atoms with Crippen molar-refractivity contribution in [3.05, 3.63) is 52.5 Å². The van der Waals surface area contributed by atoms with E-state index >= 15 is 0 Å². The fourth-order valence-corrected chi connectivity index (χ4v) is 4.23. The number of hydrogen-bond donors (Lipinski definition) is 0. The number of anilines is 1. The van der Waals surface area contributed by atoms with Crippen LogP contribution in [0.2, 0.25) is 5.02 Å². The summed E-state index contributed by atoms with van der Waals surface area (Å²) >= 11 is 6.07. The van der Waals surface area contributed by atoms with E-state index in [0.717, 1.165) is 23.2 Å². The zero-order valence-electron chi connectivity index (χ0n) is 16.3. The average Bonchev–Trinajstić information content (AvgIpc) is 3.01. The number of rotatable bonds is 4. The van der Waals surface area contributed by atoms with Gasteiger partial charge in [-0.15, -0.1) is 5.10 Å². The van der Waals surface area contributed by atoms with Crippen molar-refractivity contribution < 1.29 is 14.3 Å². The van der Waals surface area contributed by atoms with Crippen LogP contribution in [0, 0.1) is 0 Å². The molecule has 2 aromatic carbocycles. The second kappa shape index (κ2) is 6.71. The summed E-state index contributed by atoms with van der Waals surface area (Å²) in [5, 5.41) is 7.25. The molecule has 0 unspecified atom stereocenters. The Kier molecular flexibility index (Phi) is 4.46. The molecule has 0 aromatic heterocycles. The van der Waals surface area contributed by atoms with Gasteiger partial charge in [0.1, 0.15) is 0 Å². The van der Waals surface area contributed by atoms with E-state index in [1.54, 1.807) is 21.1 Å². The minimum atomic E-state index is -0.665. The van der Waals surface area contributed by atoms with Crippen LogP contribution in [-0.2, 0) is 16.9 Å². The summed E-state index contributed by atoms with van der Waals surface area (Å²) in [5.41, 5.74) is 2.37. The largest absolute Gasteiger partial charge is 0.493 e. The second-order valence-corrected chi connectivity index (χ2v) is 7.49. The first-order chi connectivity index (χ1) is 13.4. The van der Waals surface area contributed by atoms with Crippen molar-refractivity contribution in [1.29, 1.82) is 0 Å². The predicted molar refractivity (Wildman–Crippen MR) is 109 cm³/mol. The van der Waals surface area contributed by atoms with Crippen molar-refractivity contribution in [2.75, 3.05) is 25.8 Å². The Morgan fingerprint density at radius 2 is 1.79 bits per heavy atom. The zero-order valence-corrected chi connectivity index (χ0v) is 17.1. The fraction of sp³-hybridized carbons (Fsp3) is 0.333. The summed E-state index contributed by atoms with van der Waals surface area (Å²) < 4.78 is 11.0. The fourth-order valence-electron chi connectivity index (χ4n) is 4.10. The van der Waals surface area contributed by atoms with Crippen molar-refractivity contribution in [1.82, 2.24) is 4.90 Å². The minimum Gasteiger partial charge on any atom is -0.493 e. The molecule has 146 valence electrons. The molecule has 4 rings (SSSR count). The van der Waals surface area contributed by atoms with Crippen molar-refractivity contribution in [3.8, 4) is 11.5 Å². The van der Waals surface area contributed by atoms with Gasteiger partial charge in [-0.3, -0.25) is 4.79 Å². The zero-order chi connectivity index (χ0) is 20.1. The lowest BCUT2D eigenvalue weighted by atomic mass is 9.87. The number of ether oxygens (including phenoxy) is 2. The highest BCUT2D eigenvalue weighted by atomic mass is 35.5. The van der Waals surface area contributed by atoms with Gasteiger partial charge < -0.3 is 14.4 Å². The molecular formula is C21H22ClN3O3. The van der Waals surface area contributed by atoms with Crippen LogP contribution in [0.5, 0.6) is 11.5 Å². The molecule has 2 aliphatic heterocycles. The highest BCUT2D eigenvalue weighted by molar-refractivity contribution is 6.38. The van der Waals surface area contributed by atoms with Gasteiger partial charge in [-0.1, -0.05) is 11.6 Å². The first-order valence-corrected chi connectivity index (χ1v) is 9.46. The SMILES string of the molecule is COc1cc2c(cc1OC)[C@@]1(C)N(CC2)C(C(C)=O)=NN1c1ccc(Cl)cc1. The lowest BCUT2D eigenvalue weighted by Crippen LogP contribution is -2.55. The number of hydrazone groups is 1. The summed E-state index contributed by atoms with van der Waals surface area (Å²) in [5.74, 6) is 1.74. The third kappa shape index (κ3) is 2.63. The van der Waals surface area contributed by atoms with Gasteiger partial charge in [-0.05, 0) is 55.3 Å². The summed E-state index contributed by atoms with van der Waals surface area (Å²) in [6, 6.07) is 11.5. The first-order valence-electron chi connectivity index (χ1n) is 9.08. The molecule has 2 aliphatic rings. The molecule has 6 nitrogen and oxygen atoms in total. The average molecular weight is 400 g/mol. The maximum Gasteiger partial charge on any atom is 0.196 e. The van der Waals surface area contributed by atoms with Crippen LogP contribution in [0.25, 0.3) is 0 Å². The number of methoxy groups -OCH3 is 2. The summed E-state index contributed by atoms with van der Waals surface area (Å²) in [4.78, 5) is 14.4. The molecule has 0 aliphatic carbocycles. The standard InChI is InChI=1S/C21H22ClN3O3/c1-13(26)20-23-25(16-7-5-15(22)6-8-16)21(2)17-12-19(28-4)18(27-3)11-14(17)9-10-24(20)21/h5-8,11-12H,9-10H2,1-4H3/t21-/m0/s1. The molecule has 2 aromatic rings. The van der Waals surface area contributed by atoms with Crippen LogP contribution in [0.3, 0.4) is 0 Å². The number of Topliss-reactive ketones (excluding diaryl/α,β-unsaturated/α-hetero) is 1. The third-order valence-corrected chi connectivity index (χ3v) is 5.75. The highest BCUT2D eigenvalue weighted by Gasteiger charge is 2.51. The Bertz CT molecular complexity index is 974. The molecule has 0 saturated carbocycles. The Labute approximate surface area is 169 Å². The first kappa shape index (κ1) is 18.6. The van der Waals surface area contributed by atoms with E-state index in [4.69, 9.17) is 26.2 Å². The highest BCUT2D eigenvalue weighted by Crippen LogP contribution is 2.47. The molecular weight excluding hydrogens is 378 g/mol. The number of ketones is 1. The molecule has 0 amide bonds. The van der Waals surface area contributed by atoms with Crippen molar-refractivity contribution >= 4 is 28.9 Å². The second-order valence-electron chi connectivity index (χ2n) is 7.05. The quantitative estimate of drug-likeness (QED) is 0.782. The topological polar surface area (TPSA) is 54.4 Å². The van der Waals surface area contributed by atoms with Crippen molar-refractivity contribution in [2.24, 2.45) is 5.10 Å². The van der Waals surface area contributed by atoms with Crippen LogP contribution in [0.1, 0.15) is 25.0 Å². The van der Waals surface area contributed by atoms with E-state index in [2.05, 4.69) is 11.8 Å².